The van der Waals surface area contributed by atoms with Crippen molar-refractivity contribution in [2.45, 2.75) is 6.42 Å². The Morgan fingerprint density at radius 3 is 2.61 bits per heavy atom. The van der Waals surface area contributed by atoms with Crippen LogP contribution in [0.3, 0.4) is 0 Å². The van der Waals surface area contributed by atoms with Gasteiger partial charge in [0.1, 0.15) is 0 Å². The van der Waals surface area contributed by atoms with E-state index in [9.17, 15) is 18.4 Å². The molecule has 0 fully saturated rings. The van der Waals surface area contributed by atoms with Crippen molar-refractivity contribution in [1.29, 1.82) is 0 Å². The van der Waals surface area contributed by atoms with Crippen LogP contribution in [-0.4, -0.2) is 37.5 Å². The van der Waals surface area contributed by atoms with E-state index in [1.54, 1.807) is 0 Å². The molecule has 0 saturated heterocycles. The minimum Gasteiger partial charge on any atom is -0.469 e. The zero-order valence-electron chi connectivity index (χ0n) is 10.1. The summed E-state index contributed by atoms with van der Waals surface area (Å²) >= 11 is 0. The molecule has 4 nitrogen and oxygen atoms in total. The van der Waals surface area contributed by atoms with Gasteiger partial charge in [0, 0.05) is 13.6 Å². The predicted molar refractivity (Wildman–Crippen MR) is 60.0 cm³/mol. The Morgan fingerprint density at radius 1 is 1.33 bits per heavy atom. The zero-order valence-corrected chi connectivity index (χ0v) is 10.1. The molecule has 0 aliphatic carbocycles. The lowest BCUT2D eigenvalue weighted by Crippen LogP contribution is -2.30. The number of ether oxygens (including phenoxy) is 1. The van der Waals surface area contributed by atoms with Crippen LogP contribution in [0.15, 0.2) is 18.2 Å². The van der Waals surface area contributed by atoms with Crippen molar-refractivity contribution in [1.82, 2.24) is 4.90 Å². The van der Waals surface area contributed by atoms with Gasteiger partial charge in [-0.1, -0.05) is 6.07 Å². The van der Waals surface area contributed by atoms with Crippen molar-refractivity contribution in [2.75, 3.05) is 20.7 Å². The molecule has 0 bridgehead atoms. The van der Waals surface area contributed by atoms with Gasteiger partial charge in [-0.05, 0) is 12.1 Å². The maximum absolute atomic E-state index is 13.4. The van der Waals surface area contributed by atoms with Gasteiger partial charge in [0.15, 0.2) is 11.6 Å². The molecule has 1 aromatic rings. The second kappa shape index (κ2) is 6.09. The second-order valence-corrected chi connectivity index (χ2v) is 3.65. The van der Waals surface area contributed by atoms with Crippen LogP contribution in [0.4, 0.5) is 8.78 Å². The van der Waals surface area contributed by atoms with Crippen LogP contribution in [0.25, 0.3) is 0 Å². The molecule has 0 N–H and O–H groups in total. The van der Waals surface area contributed by atoms with E-state index in [0.717, 1.165) is 11.0 Å². The lowest BCUT2D eigenvalue weighted by Gasteiger charge is -2.16. The van der Waals surface area contributed by atoms with E-state index in [-0.39, 0.29) is 18.5 Å². The summed E-state index contributed by atoms with van der Waals surface area (Å²) in [7, 11) is 2.63. The third-order valence-corrected chi connectivity index (χ3v) is 2.41. The summed E-state index contributed by atoms with van der Waals surface area (Å²) in [5.74, 6) is -3.43. The Labute approximate surface area is 103 Å². The highest BCUT2D eigenvalue weighted by Gasteiger charge is 2.19. The first-order chi connectivity index (χ1) is 8.47. The number of hydrogen-bond donors (Lipinski definition) is 0. The molecule has 0 atom stereocenters. The van der Waals surface area contributed by atoms with Gasteiger partial charge in [0.25, 0.3) is 5.91 Å². The van der Waals surface area contributed by atoms with E-state index < -0.39 is 23.5 Å². The topological polar surface area (TPSA) is 46.6 Å². The van der Waals surface area contributed by atoms with E-state index in [1.807, 2.05) is 0 Å². The van der Waals surface area contributed by atoms with Gasteiger partial charge < -0.3 is 9.64 Å². The fourth-order valence-electron chi connectivity index (χ4n) is 1.34. The number of benzene rings is 1. The van der Waals surface area contributed by atoms with Crippen molar-refractivity contribution in [3.8, 4) is 0 Å². The molecule has 1 amide bonds. The highest BCUT2D eigenvalue weighted by Crippen LogP contribution is 2.13. The highest BCUT2D eigenvalue weighted by atomic mass is 19.2. The summed E-state index contributed by atoms with van der Waals surface area (Å²) in [6.45, 7) is 0.0709. The summed E-state index contributed by atoms with van der Waals surface area (Å²) in [5, 5.41) is 0. The maximum Gasteiger partial charge on any atom is 0.307 e. The van der Waals surface area contributed by atoms with Gasteiger partial charge in [-0.2, -0.15) is 0 Å². The minimum atomic E-state index is -1.19. The minimum absolute atomic E-state index is 0.00429. The fraction of sp³-hybridized carbons (Fsp3) is 0.333. The van der Waals surface area contributed by atoms with Crippen LogP contribution in [0.1, 0.15) is 16.8 Å². The second-order valence-electron chi connectivity index (χ2n) is 3.65. The van der Waals surface area contributed by atoms with Crippen molar-refractivity contribution in [3.05, 3.63) is 35.4 Å². The molecule has 0 spiro atoms. The lowest BCUT2D eigenvalue weighted by molar-refractivity contribution is -0.140. The number of carbonyl (C=O) groups is 2. The number of amides is 1. The molecule has 0 aliphatic rings. The standard InChI is InChI=1S/C12H13F2NO3/c1-15(7-6-10(16)18-2)12(17)8-4-3-5-9(13)11(8)14/h3-5H,6-7H2,1-2H3. The Bertz CT molecular complexity index is 463. The van der Waals surface area contributed by atoms with Crippen LogP contribution >= 0.6 is 0 Å². The number of methoxy groups -OCH3 is 1. The SMILES string of the molecule is COC(=O)CCN(C)C(=O)c1cccc(F)c1F. The molecule has 0 radical (unpaired) electrons. The number of carbonyl (C=O) groups excluding carboxylic acids is 2. The predicted octanol–water partition coefficient (Wildman–Crippen LogP) is 1.60. The van der Waals surface area contributed by atoms with Crippen LogP contribution < -0.4 is 0 Å². The molecule has 0 unspecified atom stereocenters. The molecule has 0 heterocycles. The first kappa shape index (κ1) is 14.1. The number of rotatable bonds is 4. The van der Waals surface area contributed by atoms with E-state index in [0.29, 0.717) is 0 Å². The van der Waals surface area contributed by atoms with Crippen molar-refractivity contribution in [2.24, 2.45) is 0 Å². The summed E-state index contributed by atoms with van der Waals surface area (Å²) in [4.78, 5) is 23.8. The first-order valence-electron chi connectivity index (χ1n) is 5.23. The molecule has 0 saturated carbocycles. The number of hydrogen-bond acceptors (Lipinski definition) is 3. The van der Waals surface area contributed by atoms with Crippen molar-refractivity contribution < 1.29 is 23.1 Å². The number of esters is 1. The number of nitrogens with zero attached hydrogens (tertiary/aromatic N) is 1. The molecule has 1 rings (SSSR count). The quantitative estimate of drug-likeness (QED) is 0.770. The molecule has 1 aromatic carbocycles. The van der Waals surface area contributed by atoms with Gasteiger partial charge in [-0.15, -0.1) is 0 Å². The van der Waals surface area contributed by atoms with Gasteiger partial charge in [0.05, 0.1) is 19.1 Å². The molecule has 98 valence electrons. The van der Waals surface area contributed by atoms with E-state index in [1.165, 1.54) is 26.3 Å². The van der Waals surface area contributed by atoms with Crippen LogP contribution in [0.5, 0.6) is 0 Å². The lowest BCUT2D eigenvalue weighted by atomic mass is 10.2. The van der Waals surface area contributed by atoms with Gasteiger partial charge in [-0.3, -0.25) is 9.59 Å². The average molecular weight is 257 g/mol. The van der Waals surface area contributed by atoms with E-state index in [4.69, 9.17) is 0 Å². The van der Waals surface area contributed by atoms with Crippen molar-refractivity contribution in [3.63, 3.8) is 0 Å². The Morgan fingerprint density at radius 2 is 2.00 bits per heavy atom. The smallest absolute Gasteiger partial charge is 0.307 e. The molecule has 6 heteroatoms. The van der Waals surface area contributed by atoms with Crippen LogP contribution in [0.2, 0.25) is 0 Å². The average Bonchev–Trinajstić information content (AvgIpc) is 2.37. The van der Waals surface area contributed by atoms with Gasteiger partial charge in [0.2, 0.25) is 0 Å². The first-order valence-corrected chi connectivity index (χ1v) is 5.23. The molecular formula is C12H13F2NO3. The highest BCUT2D eigenvalue weighted by molar-refractivity contribution is 5.94. The molecular weight excluding hydrogens is 244 g/mol. The third-order valence-electron chi connectivity index (χ3n) is 2.41. The van der Waals surface area contributed by atoms with Crippen LogP contribution in [0, 0.1) is 11.6 Å². The third kappa shape index (κ3) is 3.26. The molecule has 0 aliphatic heterocycles. The molecule has 18 heavy (non-hydrogen) atoms. The van der Waals surface area contributed by atoms with Crippen LogP contribution in [-0.2, 0) is 9.53 Å². The number of halogens is 2. The Kier molecular flexibility index (Phi) is 4.76. The van der Waals surface area contributed by atoms with E-state index in [2.05, 4.69) is 4.74 Å². The fourth-order valence-corrected chi connectivity index (χ4v) is 1.34. The van der Waals surface area contributed by atoms with Crippen molar-refractivity contribution >= 4 is 11.9 Å². The summed E-state index contributed by atoms with van der Waals surface area (Å²) in [5.41, 5.74) is -0.359. The van der Waals surface area contributed by atoms with Gasteiger partial charge >= 0.3 is 5.97 Å². The Hall–Kier alpha value is -1.98. The summed E-state index contributed by atoms with van der Waals surface area (Å²) < 4.78 is 30.7. The Balaban J connectivity index is 2.74. The van der Waals surface area contributed by atoms with Gasteiger partial charge in [-0.25, -0.2) is 8.78 Å². The molecule has 0 aromatic heterocycles. The normalized spacial score (nSPS) is 10.0. The zero-order chi connectivity index (χ0) is 13.7. The summed E-state index contributed by atoms with van der Waals surface area (Å²) in [6, 6.07) is 3.37. The van der Waals surface area contributed by atoms with E-state index >= 15 is 0 Å². The maximum atomic E-state index is 13.4. The summed E-state index contributed by atoms with van der Waals surface area (Å²) in [6.07, 6.45) is -0.00429. The monoisotopic (exact) mass is 257 g/mol. The largest absolute Gasteiger partial charge is 0.469 e.